The number of hydrogen-bond donors (Lipinski definition) is 0. The minimum atomic E-state index is -0.578. The molecule has 0 saturated carbocycles. The van der Waals surface area contributed by atoms with Gasteiger partial charge in [0, 0.05) is 45.0 Å². The van der Waals surface area contributed by atoms with Crippen LogP contribution in [0.3, 0.4) is 0 Å². The molecule has 0 aliphatic carbocycles. The molecular weight excluding hydrogens is 442 g/mol. The number of nitrogens with zero attached hydrogens (tertiary/aromatic N) is 3. The van der Waals surface area contributed by atoms with Crippen molar-refractivity contribution in [3.63, 3.8) is 0 Å². The molecule has 2 aromatic rings. The minimum Gasteiger partial charge on any atom is -0.296 e. The standard InChI is InChI=1S/C32H37N3O/c1-3-18-33-20-14-26(15-21-33)24-32(25-27-16-22-34(19-4-2)23-17-27)29-12-8-9-13-30(29)35(31(32)36)28-10-6-5-7-11-28/h3-14,16H,1-2,15,17-25H2. The summed E-state index contributed by atoms with van der Waals surface area (Å²) >= 11 is 0. The lowest BCUT2D eigenvalue weighted by Crippen LogP contribution is -2.41. The molecule has 3 aliphatic rings. The number of hydrogen-bond acceptors (Lipinski definition) is 3. The van der Waals surface area contributed by atoms with Gasteiger partial charge in [-0.05, 0) is 49.4 Å². The summed E-state index contributed by atoms with van der Waals surface area (Å²) in [6, 6.07) is 18.6. The molecule has 0 unspecified atom stereocenters. The molecule has 0 saturated heterocycles. The second-order valence-electron chi connectivity index (χ2n) is 10.3. The maximum absolute atomic E-state index is 14.6. The number of carbonyl (C=O) groups excluding carboxylic acids is 1. The second kappa shape index (κ2) is 10.8. The van der Waals surface area contributed by atoms with Crippen LogP contribution in [0.25, 0.3) is 0 Å². The summed E-state index contributed by atoms with van der Waals surface area (Å²) in [6.07, 6.45) is 12.2. The first-order chi connectivity index (χ1) is 17.6. The summed E-state index contributed by atoms with van der Waals surface area (Å²) in [5, 5.41) is 0. The Kier molecular flexibility index (Phi) is 7.35. The van der Waals surface area contributed by atoms with Crippen LogP contribution in [0.2, 0.25) is 0 Å². The molecule has 0 atom stereocenters. The molecule has 0 bridgehead atoms. The van der Waals surface area contributed by atoms with Crippen molar-refractivity contribution in [3.05, 3.63) is 109 Å². The van der Waals surface area contributed by atoms with Crippen molar-refractivity contribution in [2.45, 2.75) is 31.1 Å². The third-order valence-electron chi connectivity index (χ3n) is 7.89. The Morgan fingerprint density at radius 1 is 0.778 bits per heavy atom. The molecule has 3 heterocycles. The number of para-hydroxylation sites is 2. The summed E-state index contributed by atoms with van der Waals surface area (Å²) < 4.78 is 0. The van der Waals surface area contributed by atoms with Crippen LogP contribution < -0.4 is 4.90 Å². The van der Waals surface area contributed by atoms with Gasteiger partial charge in [0.25, 0.3) is 0 Å². The average molecular weight is 480 g/mol. The van der Waals surface area contributed by atoms with Crippen LogP contribution in [0.5, 0.6) is 0 Å². The Hall–Kier alpha value is -3.21. The van der Waals surface area contributed by atoms with Crippen molar-refractivity contribution < 1.29 is 4.79 Å². The Balaban J connectivity index is 1.53. The second-order valence-corrected chi connectivity index (χ2v) is 10.3. The summed E-state index contributed by atoms with van der Waals surface area (Å²) in [6.45, 7) is 13.5. The van der Waals surface area contributed by atoms with Gasteiger partial charge in [0.05, 0.1) is 11.1 Å². The van der Waals surface area contributed by atoms with Crippen LogP contribution in [-0.4, -0.2) is 55.0 Å². The van der Waals surface area contributed by atoms with Crippen molar-refractivity contribution in [2.75, 3.05) is 44.2 Å². The Bertz CT molecular complexity index is 1140. The molecular formula is C32H37N3O. The third kappa shape index (κ3) is 4.76. The lowest BCUT2D eigenvalue weighted by molar-refractivity contribution is -0.122. The first-order valence-electron chi connectivity index (χ1n) is 13.2. The fourth-order valence-corrected chi connectivity index (χ4v) is 6.05. The summed E-state index contributed by atoms with van der Waals surface area (Å²) in [7, 11) is 0. The highest BCUT2D eigenvalue weighted by atomic mass is 16.2. The molecule has 0 spiro atoms. The van der Waals surface area contributed by atoms with Crippen molar-refractivity contribution >= 4 is 17.3 Å². The highest BCUT2D eigenvalue weighted by Gasteiger charge is 2.51. The quantitative estimate of drug-likeness (QED) is 0.412. The average Bonchev–Trinajstić information content (AvgIpc) is 3.15. The Morgan fingerprint density at radius 2 is 1.33 bits per heavy atom. The van der Waals surface area contributed by atoms with Gasteiger partial charge in [0.15, 0.2) is 0 Å². The van der Waals surface area contributed by atoms with E-state index in [1.165, 1.54) is 16.7 Å². The van der Waals surface area contributed by atoms with Gasteiger partial charge in [0.2, 0.25) is 5.91 Å². The van der Waals surface area contributed by atoms with Gasteiger partial charge in [-0.15, -0.1) is 13.2 Å². The molecule has 186 valence electrons. The molecule has 0 aromatic heterocycles. The van der Waals surface area contributed by atoms with Crippen LogP contribution >= 0.6 is 0 Å². The van der Waals surface area contributed by atoms with Gasteiger partial charge in [0.1, 0.15) is 0 Å². The molecule has 2 aromatic carbocycles. The van der Waals surface area contributed by atoms with E-state index < -0.39 is 5.41 Å². The van der Waals surface area contributed by atoms with Crippen LogP contribution in [0.1, 0.15) is 31.2 Å². The SMILES string of the molecule is C=CCN1CC=C(CC2(CC3=CCN(CC=C)CC3)C(=O)N(c3ccccc3)c3ccccc32)CC1. The van der Waals surface area contributed by atoms with Gasteiger partial charge < -0.3 is 0 Å². The van der Waals surface area contributed by atoms with Gasteiger partial charge in [-0.1, -0.05) is 71.8 Å². The zero-order valence-electron chi connectivity index (χ0n) is 21.2. The highest BCUT2D eigenvalue weighted by Crippen LogP contribution is 2.52. The van der Waals surface area contributed by atoms with Gasteiger partial charge in [-0.2, -0.15) is 0 Å². The van der Waals surface area contributed by atoms with E-state index in [1.807, 2.05) is 47.4 Å². The van der Waals surface area contributed by atoms with E-state index in [4.69, 9.17) is 0 Å². The summed E-state index contributed by atoms with van der Waals surface area (Å²) in [5.74, 6) is 0.207. The Morgan fingerprint density at radius 3 is 1.86 bits per heavy atom. The third-order valence-corrected chi connectivity index (χ3v) is 7.89. The maximum atomic E-state index is 14.6. The molecule has 0 N–H and O–H groups in total. The van der Waals surface area contributed by atoms with Crippen LogP contribution in [0, 0.1) is 0 Å². The van der Waals surface area contributed by atoms with Crippen molar-refractivity contribution in [2.24, 2.45) is 0 Å². The molecule has 4 heteroatoms. The van der Waals surface area contributed by atoms with E-state index in [2.05, 4.69) is 59.4 Å². The van der Waals surface area contributed by atoms with Crippen molar-refractivity contribution in [1.29, 1.82) is 0 Å². The lowest BCUT2D eigenvalue weighted by Gasteiger charge is -2.35. The topological polar surface area (TPSA) is 26.8 Å². The first-order valence-corrected chi connectivity index (χ1v) is 13.2. The predicted octanol–water partition coefficient (Wildman–Crippen LogP) is 6.02. The number of rotatable bonds is 9. The summed E-state index contributed by atoms with van der Waals surface area (Å²) in [4.78, 5) is 21.4. The van der Waals surface area contributed by atoms with E-state index >= 15 is 0 Å². The fraction of sp³-hybridized carbons (Fsp3) is 0.344. The zero-order chi connectivity index (χ0) is 25.0. The molecule has 36 heavy (non-hydrogen) atoms. The molecule has 0 radical (unpaired) electrons. The highest BCUT2D eigenvalue weighted by molar-refractivity contribution is 6.13. The Labute approximate surface area is 215 Å². The number of fused-ring (bicyclic) bond motifs is 1. The number of anilines is 2. The fourth-order valence-electron chi connectivity index (χ4n) is 6.05. The first kappa shape index (κ1) is 24.5. The van der Waals surface area contributed by atoms with Gasteiger partial charge in [-0.3, -0.25) is 19.5 Å². The predicted molar refractivity (Wildman–Crippen MR) is 150 cm³/mol. The number of benzene rings is 2. The molecule has 4 nitrogen and oxygen atoms in total. The maximum Gasteiger partial charge on any atom is 0.242 e. The molecule has 1 amide bonds. The molecule has 3 aliphatic heterocycles. The normalized spacial score (nSPS) is 20.0. The van der Waals surface area contributed by atoms with E-state index in [0.29, 0.717) is 0 Å². The van der Waals surface area contributed by atoms with Gasteiger partial charge in [-0.25, -0.2) is 0 Å². The van der Waals surface area contributed by atoms with E-state index in [-0.39, 0.29) is 5.91 Å². The molecule has 0 fully saturated rings. The summed E-state index contributed by atoms with van der Waals surface area (Å²) in [5.41, 5.74) is 5.37. The van der Waals surface area contributed by atoms with E-state index in [0.717, 1.165) is 76.3 Å². The van der Waals surface area contributed by atoms with Crippen molar-refractivity contribution in [3.8, 4) is 0 Å². The zero-order valence-corrected chi connectivity index (χ0v) is 21.2. The van der Waals surface area contributed by atoms with Gasteiger partial charge >= 0.3 is 0 Å². The van der Waals surface area contributed by atoms with Crippen LogP contribution in [-0.2, 0) is 10.2 Å². The van der Waals surface area contributed by atoms with E-state index in [9.17, 15) is 4.79 Å². The van der Waals surface area contributed by atoms with E-state index in [1.54, 1.807) is 0 Å². The monoisotopic (exact) mass is 479 g/mol. The van der Waals surface area contributed by atoms with Crippen LogP contribution in [0.15, 0.2) is 103 Å². The van der Waals surface area contributed by atoms with Crippen LogP contribution in [0.4, 0.5) is 11.4 Å². The lowest BCUT2D eigenvalue weighted by atomic mass is 9.70. The molecule has 5 rings (SSSR count). The minimum absolute atomic E-state index is 0.207. The van der Waals surface area contributed by atoms with Crippen molar-refractivity contribution in [1.82, 2.24) is 9.80 Å². The largest absolute Gasteiger partial charge is 0.296 e. The number of amides is 1. The smallest absolute Gasteiger partial charge is 0.242 e. The number of carbonyl (C=O) groups is 1.